The van der Waals surface area contributed by atoms with E-state index in [1.807, 2.05) is 25.1 Å². The highest BCUT2D eigenvalue weighted by molar-refractivity contribution is 9.10. The van der Waals surface area contributed by atoms with Gasteiger partial charge >= 0.3 is 0 Å². The Morgan fingerprint density at radius 2 is 1.87 bits per heavy atom. The van der Waals surface area contributed by atoms with E-state index in [0.29, 0.717) is 0 Å². The Morgan fingerprint density at radius 1 is 1.13 bits per heavy atom. The molecule has 1 amide bonds. The van der Waals surface area contributed by atoms with Gasteiger partial charge in [0.25, 0.3) is 5.91 Å². The van der Waals surface area contributed by atoms with Crippen LogP contribution in [0.1, 0.15) is 35.0 Å². The van der Waals surface area contributed by atoms with Crippen molar-refractivity contribution < 1.29 is 4.79 Å². The summed E-state index contributed by atoms with van der Waals surface area (Å²) in [5.74, 6) is 0.693. The first-order valence-corrected chi connectivity index (χ1v) is 11.7. The molecule has 0 unspecified atom stereocenters. The number of hydrazone groups is 1. The fraction of sp³-hybridized carbons (Fsp3) is 0.250. The van der Waals surface area contributed by atoms with E-state index < -0.39 is 0 Å². The van der Waals surface area contributed by atoms with Gasteiger partial charge in [-0.05, 0) is 66.9 Å². The van der Waals surface area contributed by atoms with Gasteiger partial charge in [-0.1, -0.05) is 42.5 Å². The molecule has 3 aromatic rings. The third-order valence-electron chi connectivity index (χ3n) is 4.96. The van der Waals surface area contributed by atoms with Crippen molar-refractivity contribution in [3.05, 3.63) is 87.1 Å². The minimum atomic E-state index is -0.189. The molecule has 1 atom stereocenters. The quantitative estimate of drug-likeness (QED) is 0.334. The zero-order valence-corrected chi connectivity index (χ0v) is 20.0. The van der Waals surface area contributed by atoms with Crippen LogP contribution in [0.25, 0.3) is 5.69 Å². The highest BCUT2D eigenvalue weighted by Gasteiger charge is 2.16. The summed E-state index contributed by atoms with van der Waals surface area (Å²) in [7, 11) is 0. The Kier molecular flexibility index (Phi) is 7.56. The summed E-state index contributed by atoms with van der Waals surface area (Å²) in [5, 5.41) is 4.03. The average molecular weight is 484 g/mol. The monoisotopic (exact) mass is 483 g/mol. The van der Waals surface area contributed by atoms with E-state index in [-0.39, 0.29) is 11.2 Å². The van der Waals surface area contributed by atoms with E-state index in [1.165, 1.54) is 11.1 Å². The molecule has 0 spiro atoms. The molecule has 4 nitrogen and oxygen atoms in total. The van der Waals surface area contributed by atoms with Crippen LogP contribution < -0.4 is 5.43 Å². The number of carbonyl (C=O) groups is 1. The molecule has 0 aliphatic rings. The Bertz CT molecular complexity index is 1060. The largest absolute Gasteiger partial charge is 0.317 e. The molecule has 1 N–H and O–H groups in total. The first-order valence-electron chi connectivity index (χ1n) is 9.81. The van der Waals surface area contributed by atoms with Crippen molar-refractivity contribution in [3.8, 4) is 5.69 Å². The number of aryl methyl sites for hydroxylation is 1. The molecule has 156 valence electrons. The standard InChI is InChI=1S/C24H26BrN3OS/c1-16-9-8-12-21(13-16)28-17(2)22(23(25)18(28)3)14-26-27-24(29)19(4)30-15-20-10-6-5-7-11-20/h5-14,19H,15H2,1-4H3,(H,27,29)/b26-14-/t19-/m0/s1. The lowest BCUT2D eigenvalue weighted by Crippen LogP contribution is -2.27. The molecular weight excluding hydrogens is 458 g/mol. The van der Waals surface area contributed by atoms with Crippen molar-refractivity contribution in [3.63, 3.8) is 0 Å². The second kappa shape index (κ2) is 10.1. The predicted molar refractivity (Wildman–Crippen MR) is 131 cm³/mol. The van der Waals surface area contributed by atoms with Gasteiger partial charge < -0.3 is 4.57 Å². The fourth-order valence-electron chi connectivity index (χ4n) is 3.25. The Morgan fingerprint density at radius 3 is 2.57 bits per heavy atom. The number of benzene rings is 2. The van der Waals surface area contributed by atoms with Crippen LogP contribution in [0.5, 0.6) is 0 Å². The van der Waals surface area contributed by atoms with Crippen LogP contribution in [-0.2, 0) is 10.5 Å². The highest BCUT2D eigenvalue weighted by atomic mass is 79.9. The zero-order chi connectivity index (χ0) is 21.7. The fourth-order valence-corrected chi connectivity index (χ4v) is 4.66. The van der Waals surface area contributed by atoms with Crippen LogP contribution in [-0.4, -0.2) is 21.9 Å². The van der Waals surface area contributed by atoms with E-state index in [4.69, 9.17) is 0 Å². The molecule has 0 bridgehead atoms. The number of amides is 1. The maximum Gasteiger partial charge on any atom is 0.252 e. The van der Waals surface area contributed by atoms with Crippen LogP contribution in [0, 0.1) is 20.8 Å². The molecule has 0 saturated carbocycles. The second-order valence-corrected chi connectivity index (χ2v) is 9.37. The SMILES string of the molecule is Cc1cccc(-n2c(C)c(Br)c(/C=N\NC(=O)[C@H](C)SCc3ccccc3)c2C)c1. The van der Waals surface area contributed by atoms with Crippen LogP contribution in [0.2, 0.25) is 0 Å². The second-order valence-electron chi connectivity index (χ2n) is 7.25. The average Bonchev–Trinajstić information content (AvgIpc) is 2.95. The Balaban J connectivity index is 1.67. The number of nitrogens with one attached hydrogen (secondary N) is 1. The van der Waals surface area contributed by atoms with Gasteiger partial charge in [-0.25, -0.2) is 5.43 Å². The van der Waals surface area contributed by atoms with E-state index in [1.54, 1.807) is 18.0 Å². The van der Waals surface area contributed by atoms with Crippen LogP contribution >= 0.6 is 27.7 Å². The molecule has 0 aliphatic carbocycles. The number of rotatable bonds is 7. The number of hydrogen-bond donors (Lipinski definition) is 1. The van der Waals surface area contributed by atoms with Gasteiger partial charge in [0, 0.05) is 32.9 Å². The van der Waals surface area contributed by atoms with Crippen molar-refractivity contribution in [2.75, 3.05) is 0 Å². The molecule has 0 radical (unpaired) electrons. The minimum Gasteiger partial charge on any atom is -0.317 e. The van der Waals surface area contributed by atoms with Crippen LogP contribution in [0.15, 0.2) is 64.2 Å². The summed E-state index contributed by atoms with van der Waals surface area (Å²) in [6.07, 6.45) is 1.71. The lowest BCUT2D eigenvalue weighted by molar-refractivity contribution is -0.120. The molecule has 6 heteroatoms. The van der Waals surface area contributed by atoms with Crippen molar-refractivity contribution in [2.45, 2.75) is 38.7 Å². The minimum absolute atomic E-state index is 0.101. The Hall–Kier alpha value is -2.31. The lowest BCUT2D eigenvalue weighted by atomic mass is 10.2. The normalized spacial score (nSPS) is 12.3. The van der Waals surface area contributed by atoms with Gasteiger partial charge in [0.1, 0.15) is 0 Å². The van der Waals surface area contributed by atoms with Gasteiger partial charge in [0.15, 0.2) is 0 Å². The molecule has 0 saturated heterocycles. The molecule has 1 aromatic heterocycles. The van der Waals surface area contributed by atoms with Gasteiger partial charge in [-0.3, -0.25) is 4.79 Å². The first kappa shape index (κ1) is 22.4. The van der Waals surface area contributed by atoms with Crippen molar-refractivity contribution in [1.82, 2.24) is 9.99 Å². The van der Waals surface area contributed by atoms with Crippen molar-refractivity contribution in [2.24, 2.45) is 5.10 Å². The number of hydrogen-bond acceptors (Lipinski definition) is 3. The van der Waals surface area contributed by atoms with E-state index in [2.05, 4.69) is 88.2 Å². The first-order chi connectivity index (χ1) is 14.4. The summed E-state index contributed by atoms with van der Waals surface area (Å²) in [5.41, 5.74) is 9.32. The van der Waals surface area contributed by atoms with Crippen LogP contribution in [0.4, 0.5) is 0 Å². The van der Waals surface area contributed by atoms with E-state index in [0.717, 1.165) is 32.9 Å². The summed E-state index contributed by atoms with van der Waals surface area (Å²) in [6, 6.07) is 18.5. The topological polar surface area (TPSA) is 46.4 Å². The smallest absolute Gasteiger partial charge is 0.252 e. The van der Waals surface area contributed by atoms with Crippen molar-refractivity contribution in [1.29, 1.82) is 0 Å². The van der Waals surface area contributed by atoms with Gasteiger partial charge in [0.05, 0.1) is 11.5 Å². The van der Waals surface area contributed by atoms with E-state index >= 15 is 0 Å². The van der Waals surface area contributed by atoms with Gasteiger partial charge in [-0.15, -0.1) is 11.8 Å². The number of thioether (sulfide) groups is 1. The summed E-state index contributed by atoms with van der Waals surface area (Å²) < 4.78 is 3.17. The number of carbonyl (C=O) groups excluding carboxylic acids is 1. The molecule has 1 heterocycles. The summed E-state index contributed by atoms with van der Waals surface area (Å²) >= 11 is 5.28. The predicted octanol–water partition coefficient (Wildman–Crippen LogP) is 5.94. The highest BCUT2D eigenvalue weighted by Crippen LogP contribution is 2.29. The molecule has 30 heavy (non-hydrogen) atoms. The molecule has 3 rings (SSSR count). The third kappa shape index (κ3) is 5.24. The molecule has 0 aliphatic heterocycles. The van der Waals surface area contributed by atoms with Gasteiger partial charge in [-0.2, -0.15) is 5.10 Å². The maximum absolute atomic E-state index is 12.4. The van der Waals surface area contributed by atoms with Crippen LogP contribution in [0.3, 0.4) is 0 Å². The molecular formula is C24H26BrN3OS. The summed E-state index contributed by atoms with van der Waals surface area (Å²) in [6.45, 7) is 8.11. The molecule has 0 fully saturated rings. The zero-order valence-electron chi connectivity index (χ0n) is 17.6. The lowest BCUT2D eigenvalue weighted by Gasteiger charge is -2.10. The van der Waals surface area contributed by atoms with Crippen molar-refractivity contribution >= 4 is 39.8 Å². The van der Waals surface area contributed by atoms with Gasteiger partial charge in [0.2, 0.25) is 0 Å². The number of aromatic nitrogens is 1. The molecule has 2 aromatic carbocycles. The Labute approximate surface area is 190 Å². The number of nitrogens with zero attached hydrogens (tertiary/aromatic N) is 2. The third-order valence-corrected chi connectivity index (χ3v) is 7.17. The van der Waals surface area contributed by atoms with E-state index in [9.17, 15) is 4.79 Å². The summed E-state index contributed by atoms with van der Waals surface area (Å²) in [4.78, 5) is 12.4. The maximum atomic E-state index is 12.4. The number of halogens is 1.